The van der Waals surface area contributed by atoms with Crippen LogP contribution in [0.25, 0.3) is 11.1 Å². The van der Waals surface area contributed by atoms with E-state index < -0.39 is 16.1 Å². The first-order valence-corrected chi connectivity index (χ1v) is 16.7. The highest BCUT2D eigenvalue weighted by atomic mass is 32.2. The molecular formula is C33H40N4O5S. The average Bonchev–Trinajstić information content (AvgIpc) is 3.82. The van der Waals surface area contributed by atoms with Gasteiger partial charge in [-0.15, -0.1) is 0 Å². The van der Waals surface area contributed by atoms with E-state index in [0.29, 0.717) is 43.5 Å². The Morgan fingerprint density at radius 2 is 1.56 bits per heavy atom. The molecule has 0 radical (unpaired) electrons. The minimum Gasteiger partial charge on any atom is -0.497 e. The second-order valence-electron chi connectivity index (χ2n) is 11.3. The lowest BCUT2D eigenvalue weighted by molar-refractivity contribution is -0.134. The average molecular weight is 605 g/mol. The van der Waals surface area contributed by atoms with Gasteiger partial charge in [0, 0.05) is 43.7 Å². The first-order valence-electron chi connectivity index (χ1n) is 14.8. The van der Waals surface area contributed by atoms with E-state index in [2.05, 4.69) is 22.8 Å². The van der Waals surface area contributed by atoms with Gasteiger partial charge in [-0.1, -0.05) is 54.6 Å². The van der Waals surface area contributed by atoms with Gasteiger partial charge in [-0.25, -0.2) is 8.42 Å². The third kappa shape index (κ3) is 8.01. The maximum absolute atomic E-state index is 13.6. The second kappa shape index (κ2) is 13.7. The smallest absolute Gasteiger partial charge is 0.251 e. The Morgan fingerprint density at radius 3 is 2.19 bits per heavy atom. The number of carbonyl (C=O) groups excluding carboxylic acids is 2. The highest BCUT2D eigenvalue weighted by molar-refractivity contribution is 7.88. The van der Waals surface area contributed by atoms with Crippen LogP contribution in [-0.2, 0) is 14.8 Å². The van der Waals surface area contributed by atoms with Crippen LogP contribution in [0.1, 0.15) is 41.1 Å². The van der Waals surface area contributed by atoms with E-state index in [1.54, 1.807) is 24.1 Å². The Balaban J connectivity index is 1.18. The van der Waals surface area contributed by atoms with Crippen molar-refractivity contribution in [2.45, 2.75) is 37.3 Å². The number of hydrogen-bond acceptors (Lipinski definition) is 6. The van der Waals surface area contributed by atoms with Crippen LogP contribution in [0.15, 0.2) is 78.9 Å². The van der Waals surface area contributed by atoms with Crippen molar-refractivity contribution in [2.75, 3.05) is 46.1 Å². The van der Waals surface area contributed by atoms with Crippen molar-refractivity contribution >= 4 is 21.8 Å². The molecule has 3 atom stereocenters. The Labute approximate surface area is 254 Å². The van der Waals surface area contributed by atoms with Gasteiger partial charge >= 0.3 is 0 Å². The van der Waals surface area contributed by atoms with Crippen molar-refractivity contribution in [3.8, 4) is 16.9 Å². The monoisotopic (exact) mass is 604 g/mol. The molecule has 2 amide bonds. The molecule has 1 saturated carbocycles. The molecule has 9 nitrogen and oxygen atoms in total. The lowest BCUT2D eigenvalue weighted by atomic mass is 10.0. The lowest BCUT2D eigenvalue weighted by Gasteiger charge is -2.35. The molecule has 1 heterocycles. The number of carbonyl (C=O) groups is 2. The minimum absolute atomic E-state index is 0.176. The van der Waals surface area contributed by atoms with Crippen LogP contribution in [0.5, 0.6) is 5.75 Å². The van der Waals surface area contributed by atoms with Crippen LogP contribution >= 0.6 is 0 Å². The van der Waals surface area contributed by atoms with Crippen molar-refractivity contribution < 1.29 is 22.7 Å². The standard InChI is InChI=1S/C33H40N4O5S/c1-42-28-16-14-26(15-17-28)29-23-31(29)34-18-6-9-30(33(39)36-19-21-37(22-20-36)43(2,40)41)35-32(38)27-12-10-25(11-13-27)24-7-4-3-5-8-24/h3-5,7-8,10-17,29-31,34H,6,9,18-23H2,1-2H3,(H,35,38). The Hall–Kier alpha value is -3.73. The fourth-order valence-electron chi connectivity index (χ4n) is 5.64. The summed E-state index contributed by atoms with van der Waals surface area (Å²) in [6.07, 6.45) is 3.43. The quantitative estimate of drug-likeness (QED) is 0.307. The summed E-state index contributed by atoms with van der Waals surface area (Å²) in [7, 11) is -1.65. The van der Waals surface area contributed by atoms with Gasteiger partial charge in [0.15, 0.2) is 0 Å². The molecule has 2 N–H and O–H groups in total. The first kappa shape index (κ1) is 30.7. The SMILES string of the molecule is COc1ccc(C2CC2NCCCC(NC(=O)c2ccc(-c3ccccc3)cc2)C(=O)N2CCN(S(C)(=O)=O)CC2)cc1. The summed E-state index contributed by atoms with van der Waals surface area (Å²) in [5.74, 6) is 0.831. The van der Waals surface area contributed by atoms with Crippen molar-refractivity contribution in [1.82, 2.24) is 19.8 Å². The first-order chi connectivity index (χ1) is 20.7. The van der Waals surface area contributed by atoms with E-state index in [0.717, 1.165) is 29.8 Å². The zero-order valence-corrected chi connectivity index (χ0v) is 25.6. The molecule has 0 bridgehead atoms. The summed E-state index contributed by atoms with van der Waals surface area (Å²) in [5.41, 5.74) is 3.84. The Morgan fingerprint density at radius 1 is 0.907 bits per heavy atom. The Bertz CT molecular complexity index is 1490. The van der Waals surface area contributed by atoms with E-state index in [1.165, 1.54) is 16.1 Å². The number of piperazine rings is 1. The molecule has 0 spiro atoms. The van der Waals surface area contributed by atoms with Crippen molar-refractivity contribution in [1.29, 1.82) is 0 Å². The highest BCUT2D eigenvalue weighted by Gasteiger charge is 2.38. The van der Waals surface area contributed by atoms with Gasteiger partial charge in [-0.3, -0.25) is 9.59 Å². The number of benzene rings is 3. The molecule has 3 unspecified atom stereocenters. The fourth-order valence-corrected chi connectivity index (χ4v) is 6.46. The zero-order valence-electron chi connectivity index (χ0n) is 24.7. The molecule has 2 fully saturated rings. The predicted molar refractivity (Wildman–Crippen MR) is 168 cm³/mol. The third-order valence-corrected chi connectivity index (χ3v) is 9.59. The normalized spacial score (nSPS) is 19.4. The van der Waals surface area contributed by atoms with E-state index in [4.69, 9.17) is 4.74 Å². The van der Waals surface area contributed by atoms with Crippen LogP contribution < -0.4 is 15.4 Å². The summed E-state index contributed by atoms with van der Waals surface area (Å²) in [5, 5.41) is 6.57. The number of methoxy groups -OCH3 is 1. The van der Waals surface area contributed by atoms with Crippen LogP contribution in [0.2, 0.25) is 0 Å². The molecule has 1 aliphatic carbocycles. The number of amides is 2. The number of rotatable bonds is 12. The number of hydrogen-bond donors (Lipinski definition) is 2. The maximum Gasteiger partial charge on any atom is 0.251 e. The Kier molecular flexibility index (Phi) is 9.79. The van der Waals surface area contributed by atoms with Crippen LogP contribution in [0, 0.1) is 0 Å². The molecule has 1 aliphatic heterocycles. The van der Waals surface area contributed by atoms with Crippen LogP contribution in [0.3, 0.4) is 0 Å². The van der Waals surface area contributed by atoms with Gasteiger partial charge in [0.05, 0.1) is 13.4 Å². The van der Waals surface area contributed by atoms with E-state index in [-0.39, 0.29) is 24.9 Å². The van der Waals surface area contributed by atoms with Gasteiger partial charge in [0.25, 0.3) is 5.91 Å². The largest absolute Gasteiger partial charge is 0.497 e. The van der Waals surface area contributed by atoms with E-state index in [1.807, 2.05) is 54.6 Å². The molecule has 2 aliphatic rings. The minimum atomic E-state index is -3.31. The molecule has 43 heavy (non-hydrogen) atoms. The van der Waals surface area contributed by atoms with Gasteiger partial charge in [0.1, 0.15) is 11.8 Å². The lowest BCUT2D eigenvalue weighted by Crippen LogP contribution is -2.55. The highest BCUT2D eigenvalue weighted by Crippen LogP contribution is 2.41. The van der Waals surface area contributed by atoms with Crippen LogP contribution in [-0.4, -0.2) is 87.6 Å². The maximum atomic E-state index is 13.6. The third-order valence-electron chi connectivity index (χ3n) is 8.29. The molecule has 3 aromatic carbocycles. The predicted octanol–water partition coefficient (Wildman–Crippen LogP) is 3.49. The summed E-state index contributed by atoms with van der Waals surface area (Å²) in [6, 6.07) is 25.2. The number of ether oxygens (including phenoxy) is 1. The van der Waals surface area contributed by atoms with Crippen molar-refractivity contribution in [3.63, 3.8) is 0 Å². The number of sulfonamides is 1. The fraction of sp³-hybridized carbons (Fsp3) is 0.394. The van der Waals surface area contributed by atoms with Gasteiger partial charge in [-0.2, -0.15) is 4.31 Å². The summed E-state index contributed by atoms with van der Waals surface area (Å²) in [6.45, 7) is 1.83. The topological polar surface area (TPSA) is 108 Å². The van der Waals surface area contributed by atoms with Gasteiger partial charge in [-0.05, 0) is 66.8 Å². The molecule has 5 rings (SSSR count). The molecule has 10 heteroatoms. The number of nitrogens with zero attached hydrogens (tertiary/aromatic N) is 2. The second-order valence-corrected chi connectivity index (χ2v) is 13.3. The van der Waals surface area contributed by atoms with Crippen molar-refractivity contribution in [3.05, 3.63) is 90.0 Å². The molecule has 3 aromatic rings. The summed E-state index contributed by atoms with van der Waals surface area (Å²) in [4.78, 5) is 28.5. The molecular weight excluding hydrogens is 564 g/mol. The van der Waals surface area contributed by atoms with Gasteiger partial charge in [0.2, 0.25) is 15.9 Å². The van der Waals surface area contributed by atoms with Crippen molar-refractivity contribution in [2.24, 2.45) is 0 Å². The van der Waals surface area contributed by atoms with Crippen LogP contribution in [0.4, 0.5) is 0 Å². The summed E-state index contributed by atoms with van der Waals surface area (Å²) < 4.78 is 30.5. The molecule has 228 valence electrons. The molecule has 1 saturated heterocycles. The van der Waals surface area contributed by atoms with Gasteiger partial charge < -0.3 is 20.3 Å². The number of nitrogens with one attached hydrogen (secondary N) is 2. The zero-order chi connectivity index (χ0) is 30.4. The van der Waals surface area contributed by atoms with E-state index in [9.17, 15) is 18.0 Å². The molecule has 0 aromatic heterocycles. The van der Waals surface area contributed by atoms with E-state index >= 15 is 0 Å². The summed E-state index contributed by atoms with van der Waals surface area (Å²) >= 11 is 0.